The van der Waals surface area contributed by atoms with Crippen molar-refractivity contribution < 1.29 is 13.2 Å². The van der Waals surface area contributed by atoms with E-state index in [0.29, 0.717) is 19.6 Å². The van der Waals surface area contributed by atoms with Crippen molar-refractivity contribution in [3.05, 3.63) is 0 Å². The molecule has 78 valence electrons. The molecule has 0 saturated carbocycles. The lowest BCUT2D eigenvalue weighted by Crippen LogP contribution is -2.48. The summed E-state index contributed by atoms with van der Waals surface area (Å²) in [6, 6.07) is 0.267. The highest BCUT2D eigenvalue weighted by atomic mass is 32.2. The monoisotopic (exact) mass is 208 g/mol. The molecule has 1 heterocycles. The number of primary sulfonamides is 1. The molecule has 1 rings (SSSR count). The lowest BCUT2D eigenvalue weighted by molar-refractivity contribution is 0.154. The van der Waals surface area contributed by atoms with Crippen LogP contribution in [-0.4, -0.2) is 40.0 Å². The largest absolute Gasteiger partial charge is 0.383 e. The maximum atomic E-state index is 11.0. The predicted molar refractivity (Wildman–Crippen MR) is 49.8 cm³/mol. The number of methoxy groups -OCH3 is 1. The van der Waals surface area contributed by atoms with Gasteiger partial charge in [0.15, 0.2) is 0 Å². The van der Waals surface area contributed by atoms with E-state index in [0.717, 1.165) is 6.42 Å². The molecule has 0 aliphatic carbocycles. The van der Waals surface area contributed by atoms with Gasteiger partial charge in [0.1, 0.15) is 0 Å². The molecule has 0 radical (unpaired) electrons. The lowest BCUT2D eigenvalue weighted by Gasteiger charge is -2.27. The zero-order valence-corrected chi connectivity index (χ0v) is 8.51. The van der Waals surface area contributed by atoms with Crippen LogP contribution in [0.3, 0.4) is 0 Å². The maximum absolute atomic E-state index is 11.0. The molecule has 5 nitrogen and oxygen atoms in total. The molecule has 2 unspecified atom stereocenters. The number of nitrogens with two attached hydrogens (primary N) is 1. The summed E-state index contributed by atoms with van der Waals surface area (Å²) in [7, 11) is -1.74. The van der Waals surface area contributed by atoms with Crippen LogP contribution in [0.25, 0.3) is 0 Å². The number of hydrogen-bond acceptors (Lipinski definition) is 4. The molecular weight excluding hydrogens is 192 g/mol. The zero-order chi connectivity index (χ0) is 9.90. The zero-order valence-electron chi connectivity index (χ0n) is 7.69. The fraction of sp³-hybridized carbons (Fsp3) is 1.00. The van der Waals surface area contributed by atoms with Crippen LogP contribution >= 0.6 is 0 Å². The Hall–Kier alpha value is -0.170. The SMILES string of the molecule is COCC1CCC(S(N)(=O)=O)CN1. The Balaban J connectivity index is 2.39. The third kappa shape index (κ3) is 3.22. The molecule has 0 aromatic rings. The summed E-state index contributed by atoms with van der Waals surface area (Å²) in [6.07, 6.45) is 1.43. The summed E-state index contributed by atoms with van der Waals surface area (Å²) in [5, 5.41) is 7.69. The molecule has 3 N–H and O–H groups in total. The third-order valence-corrected chi connectivity index (χ3v) is 3.64. The molecule has 1 saturated heterocycles. The second-order valence-corrected chi connectivity index (χ2v) is 5.19. The van der Waals surface area contributed by atoms with Gasteiger partial charge in [-0.3, -0.25) is 0 Å². The van der Waals surface area contributed by atoms with Crippen molar-refractivity contribution in [2.45, 2.75) is 24.1 Å². The summed E-state index contributed by atoms with van der Waals surface area (Å²) in [5.41, 5.74) is 0. The fourth-order valence-corrected chi connectivity index (χ4v) is 2.31. The molecule has 6 heteroatoms. The van der Waals surface area contributed by atoms with Gasteiger partial charge in [0.05, 0.1) is 11.9 Å². The van der Waals surface area contributed by atoms with Crippen LogP contribution in [0.1, 0.15) is 12.8 Å². The molecule has 0 spiro atoms. The Bertz CT molecular complexity index is 244. The molecule has 1 fully saturated rings. The van der Waals surface area contributed by atoms with Crippen LogP contribution in [0.4, 0.5) is 0 Å². The standard InChI is InChI=1S/C7H16N2O3S/c1-12-5-6-2-3-7(4-9-6)13(8,10)11/h6-7,9H,2-5H2,1H3,(H2,8,10,11). The van der Waals surface area contributed by atoms with Crippen LogP contribution in [-0.2, 0) is 14.8 Å². The molecule has 1 aliphatic heterocycles. The summed E-state index contributed by atoms with van der Waals surface area (Å²) < 4.78 is 26.9. The lowest BCUT2D eigenvalue weighted by atomic mass is 10.1. The summed E-state index contributed by atoms with van der Waals surface area (Å²) in [4.78, 5) is 0. The number of piperidine rings is 1. The van der Waals surface area contributed by atoms with E-state index in [1.165, 1.54) is 0 Å². The van der Waals surface area contributed by atoms with Crippen molar-refractivity contribution >= 4 is 10.0 Å². The molecule has 0 amide bonds. The van der Waals surface area contributed by atoms with E-state index in [-0.39, 0.29) is 6.04 Å². The van der Waals surface area contributed by atoms with Gasteiger partial charge in [0.25, 0.3) is 0 Å². The molecular formula is C7H16N2O3S. The third-order valence-electron chi connectivity index (χ3n) is 2.30. The van der Waals surface area contributed by atoms with Gasteiger partial charge in [-0.2, -0.15) is 0 Å². The number of hydrogen-bond donors (Lipinski definition) is 2. The van der Waals surface area contributed by atoms with Crippen molar-refractivity contribution in [2.24, 2.45) is 5.14 Å². The average molecular weight is 208 g/mol. The highest BCUT2D eigenvalue weighted by molar-refractivity contribution is 7.89. The summed E-state index contributed by atoms with van der Waals surface area (Å²) in [5.74, 6) is 0. The molecule has 0 aromatic carbocycles. The number of rotatable bonds is 3. The second-order valence-electron chi connectivity index (χ2n) is 3.35. The van der Waals surface area contributed by atoms with Crippen LogP contribution in [0.15, 0.2) is 0 Å². The van der Waals surface area contributed by atoms with Crippen molar-refractivity contribution in [3.8, 4) is 0 Å². The Morgan fingerprint density at radius 3 is 2.62 bits per heavy atom. The first-order valence-corrected chi connectivity index (χ1v) is 5.89. The minimum atomic E-state index is -3.37. The van der Waals surface area contributed by atoms with E-state index in [2.05, 4.69) is 5.32 Å². The van der Waals surface area contributed by atoms with Crippen molar-refractivity contribution in [2.75, 3.05) is 20.3 Å². The molecule has 1 aliphatic rings. The first-order chi connectivity index (χ1) is 6.04. The van der Waals surface area contributed by atoms with Gasteiger partial charge in [-0.1, -0.05) is 0 Å². The predicted octanol–water partition coefficient (Wildman–Crippen LogP) is -0.958. The summed E-state index contributed by atoms with van der Waals surface area (Å²) >= 11 is 0. The van der Waals surface area contributed by atoms with Gasteiger partial charge in [-0.25, -0.2) is 13.6 Å². The fourth-order valence-electron chi connectivity index (χ4n) is 1.51. The number of ether oxygens (including phenoxy) is 1. The average Bonchev–Trinajstić information content (AvgIpc) is 2.04. The highest BCUT2D eigenvalue weighted by Crippen LogP contribution is 2.13. The first-order valence-electron chi connectivity index (χ1n) is 4.28. The Labute approximate surface area is 78.7 Å². The molecule has 0 bridgehead atoms. The van der Waals surface area contributed by atoms with Crippen LogP contribution in [0.5, 0.6) is 0 Å². The van der Waals surface area contributed by atoms with Gasteiger partial charge < -0.3 is 10.1 Å². The van der Waals surface area contributed by atoms with E-state index in [1.54, 1.807) is 7.11 Å². The van der Waals surface area contributed by atoms with E-state index in [1.807, 2.05) is 0 Å². The van der Waals surface area contributed by atoms with E-state index < -0.39 is 15.3 Å². The Kier molecular flexibility index (Phi) is 3.66. The van der Waals surface area contributed by atoms with Gasteiger partial charge in [-0.15, -0.1) is 0 Å². The molecule has 13 heavy (non-hydrogen) atoms. The van der Waals surface area contributed by atoms with Crippen LogP contribution in [0, 0.1) is 0 Å². The molecule has 0 aromatic heterocycles. The van der Waals surface area contributed by atoms with Gasteiger partial charge >= 0.3 is 0 Å². The number of sulfonamides is 1. The number of nitrogens with one attached hydrogen (secondary N) is 1. The van der Waals surface area contributed by atoms with Crippen LogP contribution < -0.4 is 10.5 Å². The smallest absolute Gasteiger partial charge is 0.213 e. The first kappa shape index (κ1) is 10.9. The maximum Gasteiger partial charge on any atom is 0.213 e. The Morgan fingerprint density at radius 2 is 2.23 bits per heavy atom. The quantitative estimate of drug-likeness (QED) is 0.626. The topological polar surface area (TPSA) is 81.4 Å². The second kappa shape index (κ2) is 4.36. The van der Waals surface area contributed by atoms with Gasteiger partial charge in [-0.05, 0) is 12.8 Å². The minimum Gasteiger partial charge on any atom is -0.383 e. The Morgan fingerprint density at radius 1 is 1.54 bits per heavy atom. The van der Waals surface area contributed by atoms with E-state index in [9.17, 15) is 8.42 Å². The van der Waals surface area contributed by atoms with Gasteiger partial charge in [0, 0.05) is 19.7 Å². The minimum absolute atomic E-state index is 0.267. The van der Waals surface area contributed by atoms with Crippen molar-refractivity contribution in [1.82, 2.24) is 5.32 Å². The van der Waals surface area contributed by atoms with Crippen LogP contribution in [0.2, 0.25) is 0 Å². The highest BCUT2D eigenvalue weighted by Gasteiger charge is 2.27. The normalized spacial score (nSPS) is 30.3. The van der Waals surface area contributed by atoms with Crippen molar-refractivity contribution in [1.29, 1.82) is 0 Å². The van der Waals surface area contributed by atoms with Crippen molar-refractivity contribution in [3.63, 3.8) is 0 Å². The van der Waals surface area contributed by atoms with Gasteiger partial charge in [0.2, 0.25) is 10.0 Å². The van der Waals surface area contributed by atoms with E-state index >= 15 is 0 Å². The van der Waals surface area contributed by atoms with E-state index in [4.69, 9.17) is 9.88 Å². The summed E-state index contributed by atoms with van der Waals surface area (Å²) in [6.45, 7) is 1.06. The molecule has 2 atom stereocenters.